The summed E-state index contributed by atoms with van der Waals surface area (Å²) in [5.74, 6) is -0.286. The second kappa shape index (κ2) is 7.83. The Morgan fingerprint density at radius 3 is 2.29 bits per heavy atom. The molecule has 24 heavy (non-hydrogen) atoms. The number of nitrogens with one attached hydrogen (secondary N) is 2. The maximum atomic E-state index is 12.2. The highest BCUT2D eigenvalue weighted by Gasteiger charge is 2.15. The summed E-state index contributed by atoms with van der Waals surface area (Å²) >= 11 is 1.34. The predicted molar refractivity (Wildman–Crippen MR) is 96.3 cm³/mol. The smallest absolute Gasteiger partial charge is 0.257 e. The number of aryl methyl sites for hydroxylation is 3. The van der Waals surface area contributed by atoms with E-state index in [-0.39, 0.29) is 10.6 Å². The number of thioether (sulfide) groups is 1. The molecule has 0 aromatic heterocycles. The molecule has 2 aromatic rings. The summed E-state index contributed by atoms with van der Waals surface area (Å²) in [6.07, 6.45) is 0. The summed E-state index contributed by atoms with van der Waals surface area (Å²) in [6, 6.07) is 12.6. The SMILES string of the molecule is Cc1ccc(SCC(=O)NNS(=O)(=O)c2ccc(C)c(C)c2)cc1. The molecule has 7 heteroatoms. The number of hydrazine groups is 1. The maximum absolute atomic E-state index is 12.2. The van der Waals surface area contributed by atoms with Crippen molar-refractivity contribution in [1.82, 2.24) is 10.3 Å². The van der Waals surface area contributed by atoms with Crippen molar-refractivity contribution in [1.29, 1.82) is 0 Å². The van der Waals surface area contributed by atoms with Crippen LogP contribution in [0, 0.1) is 20.8 Å². The van der Waals surface area contributed by atoms with Crippen molar-refractivity contribution in [3.8, 4) is 0 Å². The van der Waals surface area contributed by atoms with Crippen LogP contribution in [0.5, 0.6) is 0 Å². The second-order valence-corrected chi connectivity index (χ2v) is 8.23. The first-order valence-corrected chi connectivity index (χ1v) is 9.82. The summed E-state index contributed by atoms with van der Waals surface area (Å²) in [6.45, 7) is 5.73. The first-order chi connectivity index (χ1) is 11.3. The van der Waals surface area contributed by atoms with Crippen molar-refractivity contribution >= 4 is 27.7 Å². The number of hydrogen-bond acceptors (Lipinski definition) is 4. The first-order valence-electron chi connectivity index (χ1n) is 7.35. The van der Waals surface area contributed by atoms with Crippen LogP contribution in [-0.2, 0) is 14.8 Å². The van der Waals surface area contributed by atoms with Crippen molar-refractivity contribution in [2.45, 2.75) is 30.6 Å². The monoisotopic (exact) mass is 364 g/mol. The van der Waals surface area contributed by atoms with Gasteiger partial charge in [-0.25, -0.2) is 8.42 Å². The maximum Gasteiger partial charge on any atom is 0.257 e. The van der Waals surface area contributed by atoms with Gasteiger partial charge in [0.05, 0.1) is 10.6 Å². The average Bonchev–Trinajstić information content (AvgIpc) is 2.55. The fraction of sp³-hybridized carbons (Fsp3) is 0.235. The lowest BCUT2D eigenvalue weighted by Crippen LogP contribution is -2.42. The zero-order chi connectivity index (χ0) is 17.7. The molecule has 2 rings (SSSR count). The Hall–Kier alpha value is -1.83. The minimum Gasteiger partial charge on any atom is -0.277 e. The number of rotatable bonds is 6. The molecule has 0 bridgehead atoms. The van der Waals surface area contributed by atoms with E-state index in [1.54, 1.807) is 12.1 Å². The van der Waals surface area contributed by atoms with Crippen LogP contribution < -0.4 is 10.3 Å². The fourth-order valence-corrected chi connectivity index (χ4v) is 3.53. The largest absolute Gasteiger partial charge is 0.277 e. The van der Waals surface area contributed by atoms with E-state index in [2.05, 4.69) is 10.3 Å². The molecule has 2 N–H and O–H groups in total. The van der Waals surface area contributed by atoms with Gasteiger partial charge in [0.15, 0.2) is 0 Å². The Balaban J connectivity index is 1.90. The number of hydrogen-bond donors (Lipinski definition) is 2. The predicted octanol–water partition coefficient (Wildman–Crippen LogP) is 2.71. The van der Waals surface area contributed by atoms with Crippen LogP contribution >= 0.6 is 11.8 Å². The lowest BCUT2D eigenvalue weighted by Gasteiger charge is -2.10. The van der Waals surface area contributed by atoms with Gasteiger partial charge in [-0.3, -0.25) is 10.2 Å². The third-order valence-electron chi connectivity index (χ3n) is 3.50. The summed E-state index contributed by atoms with van der Waals surface area (Å²) in [4.78, 5) is 15.0. The molecule has 0 saturated carbocycles. The second-order valence-electron chi connectivity index (χ2n) is 5.50. The Morgan fingerprint density at radius 1 is 1.00 bits per heavy atom. The van der Waals surface area contributed by atoms with E-state index in [1.807, 2.05) is 45.0 Å². The molecule has 2 aromatic carbocycles. The van der Waals surface area contributed by atoms with Crippen molar-refractivity contribution in [3.05, 3.63) is 59.2 Å². The molecule has 0 radical (unpaired) electrons. The molecule has 128 valence electrons. The lowest BCUT2D eigenvalue weighted by atomic mass is 10.1. The van der Waals surface area contributed by atoms with E-state index < -0.39 is 15.9 Å². The molecule has 1 amide bonds. The Morgan fingerprint density at radius 2 is 1.67 bits per heavy atom. The van der Waals surface area contributed by atoms with Crippen LogP contribution in [0.4, 0.5) is 0 Å². The molecule has 5 nitrogen and oxygen atoms in total. The van der Waals surface area contributed by atoms with E-state index in [0.29, 0.717) is 0 Å². The summed E-state index contributed by atoms with van der Waals surface area (Å²) < 4.78 is 24.4. The molecule has 0 aliphatic heterocycles. The van der Waals surface area contributed by atoms with Crippen molar-refractivity contribution in [3.63, 3.8) is 0 Å². The third kappa shape index (κ3) is 5.09. The Kier molecular flexibility index (Phi) is 6.04. The highest BCUT2D eigenvalue weighted by molar-refractivity contribution is 8.00. The van der Waals surface area contributed by atoms with Gasteiger partial charge in [-0.2, -0.15) is 0 Å². The number of sulfonamides is 1. The van der Waals surface area contributed by atoms with E-state index >= 15 is 0 Å². The minimum atomic E-state index is -3.77. The van der Waals surface area contributed by atoms with E-state index in [0.717, 1.165) is 21.6 Å². The van der Waals surface area contributed by atoms with Gasteiger partial charge in [-0.15, -0.1) is 16.6 Å². The molecular weight excluding hydrogens is 344 g/mol. The normalized spacial score (nSPS) is 11.3. The number of carbonyl (C=O) groups excluding carboxylic acids is 1. The fourth-order valence-electron chi connectivity index (χ4n) is 1.88. The number of amides is 1. The topological polar surface area (TPSA) is 75.3 Å². The van der Waals surface area contributed by atoms with Gasteiger partial charge in [-0.1, -0.05) is 23.8 Å². The zero-order valence-electron chi connectivity index (χ0n) is 13.8. The molecule has 0 saturated heterocycles. The lowest BCUT2D eigenvalue weighted by molar-refractivity contribution is -0.119. The van der Waals surface area contributed by atoms with Crippen LogP contribution in [0.1, 0.15) is 16.7 Å². The first kappa shape index (κ1) is 18.5. The third-order valence-corrected chi connectivity index (χ3v) is 5.76. The van der Waals surface area contributed by atoms with Gasteiger partial charge < -0.3 is 0 Å². The van der Waals surface area contributed by atoms with E-state index in [9.17, 15) is 13.2 Å². The standard InChI is InChI=1S/C17H20N2O3S2/c1-12-4-7-15(8-5-12)23-11-17(20)18-19-24(21,22)16-9-6-13(2)14(3)10-16/h4-10,19H,11H2,1-3H3,(H,18,20). The van der Waals surface area contributed by atoms with Gasteiger partial charge in [0, 0.05) is 4.90 Å². The van der Waals surface area contributed by atoms with Gasteiger partial charge in [-0.05, 0) is 56.2 Å². The molecular formula is C17H20N2O3S2. The molecule has 0 atom stereocenters. The van der Waals surface area contributed by atoms with Crippen LogP contribution in [-0.4, -0.2) is 20.1 Å². The van der Waals surface area contributed by atoms with Gasteiger partial charge in [0.25, 0.3) is 10.0 Å². The number of carbonyl (C=O) groups is 1. The zero-order valence-corrected chi connectivity index (χ0v) is 15.4. The average molecular weight is 364 g/mol. The minimum absolute atomic E-state index is 0.122. The van der Waals surface area contributed by atoms with Crippen molar-refractivity contribution < 1.29 is 13.2 Å². The summed E-state index contributed by atoms with van der Waals surface area (Å²) in [5.41, 5.74) is 5.26. The van der Waals surface area contributed by atoms with Crippen LogP contribution in [0.2, 0.25) is 0 Å². The molecule has 0 aliphatic carbocycles. The van der Waals surface area contributed by atoms with Crippen LogP contribution in [0.15, 0.2) is 52.3 Å². The van der Waals surface area contributed by atoms with E-state index in [1.165, 1.54) is 17.8 Å². The highest BCUT2D eigenvalue weighted by atomic mass is 32.2. The highest BCUT2D eigenvalue weighted by Crippen LogP contribution is 2.18. The van der Waals surface area contributed by atoms with Crippen LogP contribution in [0.3, 0.4) is 0 Å². The Bertz CT molecular complexity index is 831. The molecule has 0 fully saturated rings. The quantitative estimate of drug-likeness (QED) is 0.610. The molecule has 0 aliphatic rings. The summed E-state index contributed by atoms with van der Waals surface area (Å²) in [5, 5.41) is 0. The molecule has 0 spiro atoms. The van der Waals surface area contributed by atoms with Crippen molar-refractivity contribution in [2.24, 2.45) is 0 Å². The van der Waals surface area contributed by atoms with Gasteiger partial charge >= 0.3 is 0 Å². The molecule has 0 unspecified atom stereocenters. The van der Waals surface area contributed by atoms with Crippen LogP contribution in [0.25, 0.3) is 0 Å². The van der Waals surface area contributed by atoms with E-state index in [4.69, 9.17) is 0 Å². The van der Waals surface area contributed by atoms with Gasteiger partial charge in [0.2, 0.25) is 5.91 Å². The van der Waals surface area contributed by atoms with Crippen molar-refractivity contribution in [2.75, 3.05) is 5.75 Å². The molecule has 0 heterocycles. The summed E-state index contributed by atoms with van der Waals surface area (Å²) in [7, 11) is -3.77. The van der Waals surface area contributed by atoms with Gasteiger partial charge in [0.1, 0.15) is 0 Å². The number of benzene rings is 2. The Labute approximate surface area is 146 Å².